The van der Waals surface area contributed by atoms with Gasteiger partial charge in [-0.25, -0.2) is 9.59 Å². The summed E-state index contributed by atoms with van der Waals surface area (Å²) in [5.41, 5.74) is 0. The quantitative estimate of drug-likeness (QED) is 0.318. The monoisotopic (exact) mass is 492 g/mol. The first-order valence-corrected chi connectivity index (χ1v) is 10.9. The molecule has 4 aromatic rings. The third-order valence-corrected chi connectivity index (χ3v) is 5.05. The molecule has 9 heteroatoms. The number of halogens is 1. The predicted octanol–water partition coefficient (Wildman–Crippen LogP) is 6.51. The Morgan fingerprint density at radius 2 is 1.09 bits per heavy atom. The van der Waals surface area contributed by atoms with Crippen LogP contribution >= 0.6 is 11.6 Å². The van der Waals surface area contributed by atoms with Gasteiger partial charge < -0.3 is 29.6 Å². The second-order valence-corrected chi connectivity index (χ2v) is 7.55. The number of hydrogen-bond acceptors (Lipinski definition) is 6. The van der Waals surface area contributed by atoms with Gasteiger partial charge in [-0.3, -0.25) is 0 Å². The molecule has 0 aliphatic heterocycles. The maximum Gasteiger partial charge on any atom is 0.412 e. The van der Waals surface area contributed by atoms with Gasteiger partial charge in [0.2, 0.25) is 11.5 Å². The van der Waals surface area contributed by atoms with Crippen LogP contribution < -0.4 is 29.6 Å². The van der Waals surface area contributed by atoms with Crippen LogP contribution in [0.2, 0.25) is 5.02 Å². The number of nitrogens with one attached hydrogen (secondary N) is 2. The number of hydrogen-bond donors (Lipinski definition) is 2. The van der Waals surface area contributed by atoms with Crippen LogP contribution in [0.15, 0.2) is 78.9 Å². The Kier molecular flexibility index (Phi) is 7.23. The third-order valence-electron chi connectivity index (χ3n) is 4.81. The van der Waals surface area contributed by atoms with E-state index in [0.717, 1.165) is 0 Å². The minimum Gasteiger partial charge on any atom is -0.449 e. The standard InChI is InChI=1S/C26H21ClN2O6/c1-28-25(30)34-21-19-14-13-16(27)15-20(19)22(35-26(31)29-2)24(33-18-11-7-4-8-12-18)23(21)32-17-9-5-3-6-10-17/h3-15H,1-2H3,(H,28,30)(H,29,31). The van der Waals surface area contributed by atoms with Crippen molar-refractivity contribution in [3.05, 3.63) is 83.9 Å². The molecule has 4 aromatic carbocycles. The highest BCUT2D eigenvalue weighted by Gasteiger charge is 2.29. The largest absolute Gasteiger partial charge is 0.449 e. The van der Waals surface area contributed by atoms with Gasteiger partial charge in [-0.1, -0.05) is 48.0 Å². The summed E-state index contributed by atoms with van der Waals surface area (Å²) in [6, 6.07) is 22.5. The molecule has 0 aliphatic rings. The van der Waals surface area contributed by atoms with Gasteiger partial charge in [0.1, 0.15) is 11.5 Å². The number of para-hydroxylation sites is 2. The molecule has 0 saturated heterocycles. The highest BCUT2D eigenvalue weighted by Crippen LogP contribution is 2.54. The molecule has 0 heterocycles. The molecule has 0 atom stereocenters. The molecule has 0 radical (unpaired) electrons. The fraction of sp³-hybridized carbons (Fsp3) is 0.0769. The maximum absolute atomic E-state index is 12.3. The van der Waals surface area contributed by atoms with E-state index in [4.69, 9.17) is 30.5 Å². The van der Waals surface area contributed by atoms with E-state index >= 15 is 0 Å². The smallest absolute Gasteiger partial charge is 0.412 e. The summed E-state index contributed by atoms with van der Waals surface area (Å²) in [6.07, 6.45) is -1.47. The zero-order valence-electron chi connectivity index (χ0n) is 18.8. The van der Waals surface area contributed by atoms with E-state index in [1.165, 1.54) is 14.1 Å². The van der Waals surface area contributed by atoms with Gasteiger partial charge in [0.25, 0.3) is 0 Å². The molecule has 0 saturated carbocycles. The first kappa shape index (κ1) is 23.7. The van der Waals surface area contributed by atoms with Crippen molar-refractivity contribution in [2.75, 3.05) is 14.1 Å². The van der Waals surface area contributed by atoms with Crippen molar-refractivity contribution in [1.82, 2.24) is 10.6 Å². The Morgan fingerprint density at radius 3 is 1.54 bits per heavy atom. The minimum atomic E-state index is -0.741. The van der Waals surface area contributed by atoms with Crippen LogP contribution in [-0.4, -0.2) is 26.3 Å². The van der Waals surface area contributed by atoms with E-state index in [2.05, 4.69) is 10.6 Å². The first-order valence-electron chi connectivity index (χ1n) is 10.5. The van der Waals surface area contributed by atoms with Crippen molar-refractivity contribution in [3.8, 4) is 34.5 Å². The van der Waals surface area contributed by atoms with E-state index in [1.54, 1.807) is 66.7 Å². The molecule has 4 rings (SSSR count). The van der Waals surface area contributed by atoms with Crippen LogP contribution in [0, 0.1) is 0 Å². The van der Waals surface area contributed by atoms with E-state index in [1.807, 2.05) is 12.1 Å². The maximum atomic E-state index is 12.3. The lowest BCUT2D eigenvalue weighted by Gasteiger charge is -2.21. The normalized spacial score (nSPS) is 10.4. The highest BCUT2D eigenvalue weighted by molar-refractivity contribution is 6.31. The molecule has 0 bridgehead atoms. The lowest BCUT2D eigenvalue weighted by molar-refractivity contribution is 0.198. The van der Waals surface area contributed by atoms with Crippen LogP contribution in [0.5, 0.6) is 34.5 Å². The van der Waals surface area contributed by atoms with Gasteiger partial charge in [0.15, 0.2) is 11.5 Å². The number of ether oxygens (including phenoxy) is 4. The molecule has 0 aromatic heterocycles. The summed E-state index contributed by atoms with van der Waals surface area (Å²) >= 11 is 6.28. The average molecular weight is 493 g/mol. The van der Waals surface area contributed by atoms with Crippen LogP contribution in [0.3, 0.4) is 0 Å². The van der Waals surface area contributed by atoms with Gasteiger partial charge >= 0.3 is 12.2 Å². The van der Waals surface area contributed by atoms with Gasteiger partial charge in [-0.2, -0.15) is 0 Å². The summed E-state index contributed by atoms with van der Waals surface area (Å²) in [5.74, 6) is 0.983. The minimum absolute atomic E-state index is 0.0114. The lowest BCUT2D eigenvalue weighted by Crippen LogP contribution is -2.23. The van der Waals surface area contributed by atoms with Crippen molar-refractivity contribution >= 4 is 34.6 Å². The Balaban J connectivity index is 2.06. The van der Waals surface area contributed by atoms with E-state index in [9.17, 15) is 9.59 Å². The van der Waals surface area contributed by atoms with Crippen molar-refractivity contribution in [2.45, 2.75) is 0 Å². The zero-order chi connectivity index (χ0) is 24.8. The molecule has 0 spiro atoms. The second kappa shape index (κ2) is 10.7. The molecular formula is C26H21ClN2O6. The fourth-order valence-electron chi connectivity index (χ4n) is 3.24. The van der Waals surface area contributed by atoms with Crippen LogP contribution in [0.25, 0.3) is 10.8 Å². The van der Waals surface area contributed by atoms with Crippen molar-refractivity contribution in [3.63, 3.8) is 0 Å². The summed E-state index contributed by atoms with van der Waals surface area (Å²) in [6.45, 7) is 0. The summed E-state index contributed by atoms with van der Waals surface area (Å²) in [4.78, 5) is 24.7. The number of amides is 2. The molecular weight excluding hydrogens is 472 g/mol. The van der Waals surface area contributed by atoms with Gasteiger partial charge in [-0.05, 0) is 42.5 Å². The highest BCUT2D eigenvalue weighted by atomic mass is 35.5. The molecule has 0 unspecified atom stereocenters. The molecule has 2 N–H and O–H groups in total. The molecule has 8 nitrogen and oxygen atoms in total. The molecule has 0 aliphatic carbocycles. The number of carbonyl (C=O) groups is 2. The Morgan fingerprint density at radius 1 is 0.629 bits per heavy atom. The summed E-state index contributed by atoms with van der Waals surface area (Å²) in [5, 5.41) is 5.99. The second-order valence-electron chi connectivity index (χ2n) is 7.12. The topological polar surface area (TPSA) is 95.1 Å². The van der Waals surface area contributed by atoms with Crippen molar-refractivity contribution < 1.29 is 28.5 Å². The summed E-state index contributed by atoms with van der Waals surface area (Å²) in [7, 11) is 2.86. The molecule has 2 amide bonds. The zero-order valence-corrected chi connectivity index (χ0v) is 19.6. The number of rotatable bonds is 6. The lowest BCUT2D eigenvalue weighted by atomic mass is 10.1. The van der Waals surface area contributed by atoms with Gasteiger partial charge in [0.05, 0.1) is 0 Å². The average Bonchev–Trinajstić information content (AvgIpc) is 2.88. The van der Waals surface area contributed by atoms with Crippen LogP contribution in [0.4, 0.5) is 9.59 Å². The number of fused-ring (bicyclic) bond motifs is 1. The van der Waals surface area contributed by atoms with Crippen LogP contribution in [0.1, 0.15) is 0 Å². The van der Waals surface area contributed by atoms with E-state index < -0.39 is 12.2 Å². The summed E-state index contributed by atoms with van der Waals surface area (Å²) < 4.78 is 23.6. The fourth-order valence-corrected chi connectivity index (χ4v) is 3.41. The van der Waals surface area contributed by atoms with Crippen LogP contribution in [-0.2, 0) is 0 Å². The van der Waals surface area contributed by atoms with E-state index in [0.29, 0.717) is 27.3 Å². The Bertz CT molecular complexity index is 1360. The predicted molar refractivity (Wildman–Crippen MR) is 132 cm³/mol. The molecule has 178 valence electrons. The first-order chi connectivity index (χ1) is 17.0. The SMILES string of the molecule is CNC(=O)Oc1c(Oc2ccccc2)c(Oc2ccccc2)c(OC(=O)NC)c2cc(Cl)ccc12. The number of carbonyl (C=O) groups excluding carboxylic acids is 2. The Hall–Kier alpha value is -4.43. The van der Waals surface area contributed by atoms with Gasteiger partial charge in [-0.15, -0.1) is 0 Å². The van der Waals surface area contributed by atoms with Gasteiger partial charge in [0, 0.05) is 29.9 Å². The van der Waals surface area contributed by atoms with Crippen molar-refractivity contribution in [1.29, 1.82) is 0 Å². The molecule has 35 heavy (non-hydrogen) atoms. The molecule has 0 fully saturated rings. The van der Waals surface area contributed by atoms with Crippen molar-refractivity contribution in [2.24, 2.45) is 0 Å². The Labute approximate surface area is 206 Å². The van der Waals surface area contributed by atoms with E-state index in [-0.39, 0.29) is 23.0 Å². The number of benzene rings is 4. The third kappa shape index (κ3) is 5.39.